The molecule has 4 N–H and O–H groups in total. The summed E-state index contributed by atoms with van der Waals surface area (Å²) in [6.07, 6.45) is 3.83. The van der Waals surface area contributed by atoms with Gasteiger partial charge in [0.1, 0.15) is 11.6 Å². The SMILES string of the molecule is Cc1cc(N)nc(CCc2cccc(CCc3ccc(N)nc3C)c2)c1. The zero-order valence-corrected chi connectivity index (χ0v) is 15.5. The first-order chi connectivity index (χ1) is 12.5. The molecule has 0 aliphatic rings. The molecule has 2 heterocycles. The van der Waals surface area contributed by atoms with Crippen molar-refractivity contribution in [3.05, 3.63) is 82.2 Å². The minimum absolute atomic E-state index is 0.582. The highest BCUT2D eigenvalue weighted by Crippen LogP contribution is 2.15. The summed E-state index contributed by atoms with van der Waals surface area (Å²) in [5.41, 5.74) is 18.7. The summed E-state index contributed by atoms with van der Waals surface area (Å²) >= 11 is 0. The fourth-order valence-corrected chi connectivity index (χ4v) is 3.26. The van der Waals surface area contributed by atoms with E-state index in [1.807, 2.05) is 19.1 Å². The average molecular weight is 346 g/mol. The molecule has 134 valence electrons. The third-order valence-corrected chi connectivity index (χ3v) is 4.60. The van der Waals surface area contributed by atoms with Gasteiger partial charge in [0.15, 0.2) is 0 Å². The average Bonchev–Trinajstić information content (AvgIpc) is 2.59. The van der Waals surface area contributed by atoms with Gasteiger partial charge in [0.05, 0.1) is 0 Å². The van der Waals surface area contributed by atoms with Crippen LogP contribution in [0.2, 0.25) is 0 Å². The third kappa shape index (κ3) is 4.82. The van der Waals surface area contributed by atoms with Crippen LogP contribution in [0.15, 0.2) is 48.5 Å². The van der Waals surface area contributed by atoms with E-state index in [0.29, 0.717) is 11.6 Å². The van der Waals surface area contributed by atoms with E-state index in [4.69, 9.17) is 11.5 Å². The molecule has 1 aromatic carbocycles. The molecule has 2 aromatic heterocycles. The molecule has 0 saturated carbocycles. The van der Waals surface area contributed by atoms with E-state index < -0.39 is 0 Å². The van der Waals surface area contributed by atoms with Gasteiger partial charge in [-0.2, -0.15) is 0 Å². The second kappa shape index (κ2) is 8.00. The highest BCUT2D eigenvalue weighted by Gasteiger charge is 2.04. The molecule has 0 saturated heterocycles. The van der Waals surface area contributed by atoms with Gasteiger partial charge >= 0.3 is 0 Å². The quantitative estimate of drug-likeness (QED) is 0.711. The van der Waals surface area contributed by atoms with Crippen LogP contribution in [0.4, 0.5) is 11.6 Å². The maximum Gasteiger partial charge on any atom is 0.123 e. The van der Waals surface area contributed by atoms with Crippen molar-refractivity contribution < 1.29 is 0 Å². The number of pyridine rings is 2. The van der Waals surface area contributed by atoms with Gasteiger partial charge in [0.25, 0.3) is 0 Å². The smallest absolute Gasteiger partial charge is 0.123 e. The van der Waals surface area contributed by atoms with E-state index in [1.54, 1.807) is 0 Å². The predicted octanol–water partition coefficient (Wildman–Crippen LogP) is 3.83. The molecule has 0 amide bonds. The molecule has 0 atom stereocenters. The Kier molecular flexibility index (Phi) is 5.52. The summed E-state index contributed by atoms with van der Waals surface area (Å²) in [7, 11) is 0. The maximum absolute atomic E-state index is 5.84. The summed E-state index contributed by atoms with van der Waals surface area (Å²) in [4.78, 5) is 8.77. The van der Waals surface area contributed by atoms with Gasteiger partial charge < -0.3 is 11.5 Å². The van der Waals surface area contributed by atoms with E-state index in [-0.39, 0.29) is 0 Å². The molecule has 0 aliphatic carbocycles. The van der Waals surface area contributed by atoms with Crippen LogP contribution in [0, 0.1) is 13.8 Å². The highest BCUT2D eigenvalue weighted by molar-refractivity contribution is 5.36. The number of anilines is 2. The van der Waals surface area contributed by atoms with Crippen LogP contribution in [-0.2, 0) is 25.7 Å². The van der Waals surface area contributed by atoms with Crippen molar-refractivity contribution in [2.75, 3.05) is 11.5 Å². The van der Waals surface area contributed by atoms with Crippen LogP contribution in [-0.4, -0.2) is 9.97 Å². The molecule has 0 radical (unpaired) electrons. The lowest BCUT2D eigenvalue weighted by atomic mass is 9.99. The van der Waals surface area contributed by atoms with Crippen LogP contribution >= 0.6 is 0 Å². The van der Waals surface area contributed by atoms with Gasteiger partial charge in [-0.1, -0.05) is 30.3 Å². The fourth-order valence-electron chi connectivity index (χ4n) is 3.26. The maximum atomic E-state index is 5.84. The molecule has 0 fully saturated rings. The molecular formula is C22H26N4. The number of rotatable bonds is 6. The monoisotopic (exact) mass is 346 g/mol. The van der Waals surface area contributed by atoms with Gasteiger partial charge in [0.2, 0.25) is 0 Å². The first kappa shape index (κ1) is 17.9. The molecular weight excluding hydrogens is 320 g/mol. The van der Waals surface area contributed by atoms with E-state index in [9.17, 15) is 0 Å². The Morgan fingerprint density at radius 3 is 2.15 bits per heavy atom. The first-order valence-electron chi connectivity index (χ1n) is 9.02. The zero-order chi connectivity index (χ0) is 18.5. The molecule has 0 bridgehead atoms. The molecule has 0 unspecified atom stereocenters. The fraction of sp³-hybridized carbons (Fsp3) is 0.273. The molecule has 0 spiro atoms. The van der Waals surface area contributed by atoms with Crippen molar-refractivity contribution >= 4 is 11.6 Å². The molecule has 3 aromatic rings. The number of benzene rings is 1. The number of hydrogen-bond donors (Lipinski definition) is 2. The summed E-state index contributed by atoms with van der Waals surface area (Å²) < 4.78 is 0. The number of hydrogen-bond acceptors (Lipinski definition) is 4. The van der Waals surface area contributed by atoms with E-state index >= 15 is 0 Å². The predicted molar refractivity (Wildman–Crippen MR) is 108 cm³/mol. The second-order valence-electron chi connectivity index (χ2n) is 6.86. The van der Waals surface area contributed by atoms with Crippen molar-refractivity contribution in [2.24, 2.45) is 0 Å². The van der Waals surface area contributed by atoms with Crippen LogP contribution in [0.25, 0.3) is 0 Å². The van der Waals surface area contributed by atoms with Crippen molar-refractivity contribution in [1.29, 1.82) is 0 Å². The summed E-state index contributed by atoms with van der Waals surface area (Å²) in [6.45, 7) is 4.07. The molecule has 26 heavy (non-hydrogen) atoms. The Labute approximate surface area is 155 Å². The van der Waals surface area contributed by atoms with Crippen LogP contribution in [0.1, 0.15) is 33.6 Å². The minimum Gasteiger partial charge on any atom is -0.384 e. The second-order valence-corrected chi connectivity index (χ2v) is 6.86. The van der Waals surface area contributed by atoms with E-state index in [1.165, 1.54) is 16.7 Å². The number of aryl methyl sites for hydroxylation is 6. The Hall–Kier alpha value is -2.88. The molecule has 4 nitrogen and oxygen atoms in total. The van der Waals surface area contributed by atoms with Crippen LogP contribution < -0.4 is 11.5 Å². The normalized spacial score (nSPS) is 10.8. The van der Waals surface area contributed by atoms with E-state index in [0.717, 1.165) is 42.6 Å². The molecule has 3 rings (SSSR count). The lowest BCUT2D eigenvalue weighted by Crippen LogP contribution is -2.01. The summed E-state index contributed by atoms with van der Waals surface area (Å²) in [5, 5.41) is 0. The number of nitrogen functional groups attached to an aromatic ring is 2. The van der Waals surface area contributed by atoms with Crippen molar-refractivity contribution in [2.45, 2.75) is 39.5 Å². The molecule has 0 aliphatic heterocycles. The van der Waals surface area contributed by atoms with Gasteiger partial charge in [-0.25, -0.2) is 9.97 Å². The van der Waals surface area contributed by atoms with Crippen LogP contribution in [0.5, 0.6) is 0 Å². The van der Waals surface area contributed by atoms with Gasteiger partial charge in [-0.05, 0) is 80.0 Å². The lowest BCUT2D eigenvalue weighted by molar-refractivity contribution is 0.898. The van der Waals surface area contributed by atoms with Gasteiger partial charge in [-0.3, -0.25) is 0 Å². The van der Waals surface area contributed by atoms with Crippen molar-refractivity contribution in [3.63, 3.8) is 0 Å². The highest BCUT2D eigenvalue weighted by atomic mass is 14.8. The van der Waals surface area contributed by atoms with Gasteiger partial charge in [0, 0.05) is 11.4 Å². The standard InChI is InChI=1S/C22H26N4/c1-15-12-20(26-22(24)13-15)10-7-18-5-3-4-17(14-18)6-8-19-9-11-21(23)25-16(19)2/h3-5,9,11-14H,6-8,10H2,1-2H3,(H2,23,25)(H2,24,26). The summed E-state index contributed by atoms with van der Waals surface area (Å²) in [5.74, 6) is 1.18. The number of nitrogens with two attached hydrogens (primary N) is 2. The third-order valence-electron chi connectivity index (χ3n) is 4.60. The number of aromatic nitrogens is 2. The van der Waals surface area contributed by atoms with Crippen LogP contribution in [0.3, 0.4) is 0 Å². The first-order valence-corrected chi connectivity index (χ1v) is 9.02. The Morgan fingerprint density at radius 2 is 1.46 bits per heavy atom. The lowest BCUT2D eigenvalue weighted by Gasteiger charge is -2.08. The molecule has 4 heteroatoms. The van der Waals surface area contributed by atoms with Crippen molar-refractivity contribution in [3.8, 4) is 0 Å². The minimum atomic E-state index is 0.582. The Bertz CT molecular complexity index is 882. The zero-order valence-electron chi connectivity index (χ0n) is 15.5. The van der Waals surface area contributed by atoms with Gasteiger partial charge in [-0.15, -0.1) is 0 Å². The van der Waals surface area contributed by atoms with Crippen molar-refractivity contribution in [1.82, 2.24) is 9.97 Å². The largest absolute Gasteiger partial charge is 0.384 e. The Balaban J connectivity index is 1.62. The number of nitrogens with zero attached hydrogens (tertiary/aromatic N) is 2. The topological polar surface area (TPSA) is 77.8 Å². The summed E-state index contributed by atoms with van der Waals surface area (Å²) in [6, 6.07) is 16.8. The Morgan fingerprint density at radius 1 is 0.731 bits per heavy atom. The van der Waals surface area contributed by atoms with E-state index in [2.05, 4.69) is 53.3 Å².